The second-order valence-corrected chi connectivity index (χ2v) is 3.67. The fourth-order valence-electron chi connectivity index (χ4n) is 0.986. The lowest BCUT2D eigenvalue weighted by Crippen LogP contribution is -2.25. The molecule has 2 nitrogen and oxygen atoms in total. The van der Waals surface area contributed by atoms with Gasteiger partial charge in [0.15, 0.2) is 0 Å². The third-order valence-corrected chi connectivity index (χ3v) is 1.92. The fourth-order valence-corrected chi connectivity index (χ4v) is 0.986. The molecule has 0 fully saturated rings. The molecule has 0 bridgehead atoms. The molecule has 80 valence electrons. The number of hydrogen-bond donors (Lipinski definition) is 1. The second-order valence-electron chi connectivity index (χ2n) is 3.67. The van der Waals surface area contributed by atoms with Crippen LogP contribution in [0.3, 0.4) is 0 Å². The first-order chi connectivity index (χ1) is 6.57. The molecule has 0 aromatic carbocycles. The fraction of sp³-hybridized carbons (Fsp3) is 0.583. The molecule has 0 saturated heterocycles. The molecule has 14 heavy (non-hydrogen) atoms. The Morgan fingerprint density at radius 3 is 2.57 bits per heavy atom. The monoisotopic (exact) mass is 195 g/mol. The highest BCUT2D eigenvalue weighted by atomic mass is 16.1. The molecule has 0 heterocycles. The number of amides is 1. The lowest BCUT2D eigenvalue weighted by molar-refractivity contribution is -0.117. The third-order valence-electron chi connectivity index (χ3n) is 1.92. The Kier molecular flexibility index (Phi) is 6.81. The van der Waals surface area contributed by atoms with Crippen LogP contribution in [0.5, 0.6) is 0 Å². The van der Waals surface area contributed by atoms with Crippen LogP contribution < -0.4 is 5.32 Å². The van der Waals surface area contributed by atoms with Crippen LogP contribution in [0.4, 0.5) is 0 Å². The van der Waals surface area contributed by atoms with Crippen molar-refractivity contribution in [1.82, 2.24) is 5.32 Å². The van der Waals surface area contributed by atoms with E-state index in [2.05, 4.69) is 18.8 Å². The van der Waals surface area contributed by atoms with Crippen molar-refractivity contribution in [3.8, 4) is 0 Å². The maximum atomic E-state index is 11.4. The highest BCUT2D eigenvalue weighted by Crippen LogP contribution is 2.01. The topological polar surface area (TPSA) is 29.1 Å². The summed E-state index contributed by atoms with van der Waals surface area (Å²) in [6.07, 6.45) is 5.29. The number of hydrogen-bond acceptors (Lipinski definition) is 1. The smallest absolute Gasteiger partial charge is 0.246 e. The number of unbranched alkanes of at least 4 members (excludes halogenated alkanes) is 2. The lowest BCUT2D eigenvalue weighted by Gasteiger charge is -2.04. The van der Waals surface area contributed by atoms with E-state index in [0.717, 1.165) is 30.4 Å². The summed E-state index contributed by atoms with van der Waals surface area (Å²) in [7, 11) is 0. The maximum absolute atomic E-state index is 11.4. The van der Waals surface area contributed by atoms with Crippen molar-refractivity contribution in [3.63, 3.8) is 0 Å². The van der Waals surface area contributed by atoms with Crippen LogP contribution in [0.1, 0.15) is 40.0 Å². The standard InChI is InChI=1S/C12H21NO/c1-5-6-7-8-11(4)12(14)13-9-10(2)3/h8H,2,5-7,9H2,1,3-4H3,(H,13,14). The number of carbonyl (C=O) groups is 1. The quantitative estimate of drug-likeness (QED) is 0.394. The number of nitrogens with one attached hydrogen (secondary N) is 1. The molecule has 0 aliphatic rings. The molecule has 0 rings (SSSR count). The first-order valence-corrected chi connectivity index (χ1v) is 5.17. The Bertz CT molecular complexity index is 228. The zero-order valence-electron chi connectivity index (χ0n) is 9.52. The van der Waals surface area contributed by atoms with E-state index in [1.165, 1.54) is 0 Å². The van der Waals surface area contributed by atoms with Crippen LogP contribution in [0.15, 0.2) is 23.8 Å². The van der Waals surface area contributed by atoms with E-state index in [9.17, 15) is 4.79 Å². The highest BCUT2D eigenvalue weighted by Gasteiger charge is 2.01. The predicted molar refractivity (Wildman–Crippen MR) is 61.1 cm³/mol. The summed E-state index contributed by atoms with van der Waals surface area (Å²) in [5.41, 5.74) is 1.78. The van der Waals surface area contributed by atoms with Gasteiger partial charge >= 0.3 is 0 Å². The van der Waals surface area contributed by atoms with Gasteiger partial charge in [-0.05, 0) is 20.3 Å². The van der Waals surface area contributed by atoms with Crippen molar-refractivity contribution in [2.75, 3.05) is 6.54 Å². The molecule has 2 heteroatoms. The normalized spacial score (nSPS) is 11.2. The van der Waals surface area contributed by atoms with E-state index >= 15 is 0 Å². The zero-order valence-corrected chi connectivity index (χ0v) is 9.52. The molecule has 0 aliphatic carbocycles. The summed E-state index contributed by atoms with van der Waals surface area (Å²) in [6.45, 7) is 10.2. The van der Waals surface area contributed by atoms with E-state index < -0.39 is 0 Å². The molecule has 0 aliphatic heterocycles. The van der Waals surface area contributed by atoms with Crippen molar-refractivity contribution in [2.45, 2.75) is 40.0 Å². The lowest BCUT2D eigenvalue weighted by atomic mass is 10.2. The van der Waals surface area contributed by atoms with Crippen molar-refractivity contribution >= 4 is 5.91 Å². The van der Waals surface area contributed by atoms with Crippen LogP contribution in [0.2, 0.25) is 0 Å². The molecule has 0 unspecified atom stereocenters. The van der Waals surface area contributed by atoms with Gasteiger partial charge < -0.3 is 5.32 Å². The number of carbonyl (C=O) groups excluding carboxylic acids is 1. The summed E-state index contributed by atoms with van der Waals surface area (Å²) >= 11 is 0. The first kappa shape index (κ1) is 12.9. The third kappa shape index (κ3) is 6.46. The Hall–Kier alpha value is -1.05. The highest BCUT2D eigenvalue weighted by molar-refractivity contribution is 5.92. The minimum atomic E-state index is 0.0177. The number of rotatable bonds is 6. The largest absolute Gasteiger partial charge is 0.349 e. The Morgan fingerprint density at radius 2 is 2.07 bits per heavy atom. The minimum Gasteiger partial charge on any atom is -0.349 e. The van der Waals surface area contributed by atoms with Gasteiger partial charge in [0, 0.05) is 12.1 Å². The van der Waals surface area contributed by atoms with Crippen molar-refractivity contribution in [2.24, 2.45) is 0 Å². The van der Waals surface area contributed by atoms with Gasteiger partial charge in [-0.15, -0.1) is 0 Å². The van der Waals surface area contributed by atoms with Gasteiger partial charge in [0.1, 0.15) is 0 Å². The van der Waals surface area contributed by atoms with Crippen LogP contribution in [-0.4, -0.2) is 12.5 Å². The van der Waals surface area contributed by atoms with Gasteiger partial charge in [-0.3, -0.25) is 4.79 Å². The molecule has 0 aromatic rings. The average Bonchev–Trinajstić information content (AvgIpc) is 2.14. The van der Waals surface area contributed by atoms with Crippen molar-refractivity contribution < 1.29 is 4.79 Å². The van der Waals surface area contributed by atoms with Gasteiger partial charge in [-0.2, -0.15) is 0 Å². The second kappa shape index (κ2) is 7.36. The van der Waals surface area contributed by atoms with Gasteiger partial charge in [-0.25, -0.2) is 0 Å². The summed E-state index contributed by atoms with van der Waals surface area (Å²) < 4.78 is 0. The number of allylic oxidation sites excluding steroid dienone is 1. The average molecular weight is 195 g/mol. The SMILES string of the molecule is C=C(C)CNC(=O)C(C)=CCCCC. The molecule has 1 amide bonds. The summed E-state index contributed by atoms with van der Waals surface area (Å²) in [5, 5.41) is 2.80. The molecular formula is C12H21NO. The Labute approximate surface area is 87.1 Å². The molecule has 0 spiro atoms. The molecule has 1 N–H and O–H groups in total. The van der Waals surface area contributed by atoms with Crippen LogP contribution >= 0.6 is 0 Å². The van der Waals surface area contributed by atoms with E-state index in [-0.39, 0.29) is 5.91 Å². The first-order valence-electron chi connectivity index (χ1n) is 5.17. The molecule has 0 atom stereocenters. The van der Waals surface area contributed by atoms with E-state index in [1.807, 2.05) is 19.9 Å². The zero-order chi connectivity index (χ0) is 11.0. The minimum absolute atomic E-state index is 0.0177. The van der Waals surface area contributed by atoms with E-state index in [0.29, 0.717) is 6.54 Å². The molecule has 0 saturated carbocycles. The van der Waals surface area contributed by atoms with Crippen LogP contribution in [-0.2, 0) is 4.79 Å². The summed E-state index contributed by atoms with van der Waals surface area (Å²) in [5.74, 6) is 0.0177. The van der Waals surface area contributed by atoms with Gasteiger partial charge in [0.05, 0.1) is 0 Å². The van der Waals surface area contributed by atoms with E-state index in [4.69, 9.17) is 0 Å². The molecule has 0 radical (unpaired) electrons. The van der Waals surface area contributed by atoms with Gasteiger partial charge in [0.25, 0.3) is 0 Å². The molecular weight excluding hydrogens is 174 g/mol. The summed E-state index contributed by atoms with van der Waals surface area (Å²) in [6, 6.07) is 0. The molecule has 0 aromatic heterocycles. The Balaban J connectivity index is 3.86. The van der Waals surface area contributed by atoms with E-state index in [1.54, 1.807) is 0 Å². The Morgan fingerprint density at radius 1 is 1.43 bits per heavy atom. The van der Waals surface area contributed by atoms with Gasteiger partial charge in [0.2, 0.25) is 5.91 Å². The van der Waals surface area contributed by atoms with Crippen LogP contribution in [0.25, 0.3) is 0 Å². The maximum Gasteiger partial charge on any atom is 0.246 e. The van der Waals surface area contributed by atoms with Crippen LogP contribution in [0, 0.1) is 0 Å². The predicted octanol–water partition coefficient (Wildman–Crippen LogP) is 2.82. The van der Waals surface area contributed by atoms with Crippen molar-refractivity contribution in [3.05, 3.63) is 23.8 Å². The van der Waals surface area contributed by atoms with Crippen molar-refractivity contribution in [1.29, 1.82) is 0 Å². The summed E-state index contributed by atoms with van der Waals surface area (Å²) in [4.78, 5) is 11.4. The van der Waals surface area contributed by atoms with Gasteiger partial charge in [-0.1, -0.05) is 38.0 Å².